The number of carbonyl (C=O) groups excluding carboxylic acids is 2. The predicted octanol–water partition coefficient (Wildman–Crippen LogP) is 6.78. The van der Waals surface area contributed by atoms with Gasteiger partial charge in [0.15, 0.2) is 11.5 Å². The Morgan fingerprint density at radius 1 is 0.808 bits per heavy atom. The van der Waals surface area contributed by atoms with E-state index in [2.05, 4.69) is 5.32 Å². The normalized spacial score (nSPS) is 11.7. The van der Waals surface area contributed by atoms with Gasteiger partial charge in [-0.2, -0.15) is 0 Å². The summed E-state index contributed by atoms with van der Waals surface area (Å²) in [5, 5.41) is 3.63. The van der Waals surface area contributed by atoms with Crippen LogP contribution in [0.5, 0.6) is 23.0 Å². The fourth-order valence-electron chi connectivity index (χ4n) is 5.50. The third-order valence-electron chi connectivity index (χ3n) is 8.33. The van der Waals surface area contributed by atoms with E-state index in [1.807, 2.05) is 37.3 Å². The van der Waals surface area contributed by atoms with E-state index in [4.69, 9.17) is 42.1 Å². The van der Waals surface area contributed by atoms with Gasteiger partial charge in [-0.25, -0.2) is 8.42 Å². The van der Waals surface area contributed by atoms with Gasteiger partial charge in [0.25, 0.3) is 10.0 Å². The van der Waals surface area contributed by atoms with Crippen molar-refractivity contribution in [3.8, 4) is 23.0 Å². The van der Waals surface area contributed by atoms with Gasteiger partial charge in [0.05, 0.1) is 39.0 Å². The summed E-state index contributed by atoms with van der Waals surface area (Å²) in [5.41, 5.74) is 1.33. The number of amides is 2. The molecule has 0 aromatic heterocycles. The van der Waals surface area contributed by atoms with Crippen LogP contribution >= 0.6 is 23.2 Å². The smallest absolute Gasteiger partial charge is 0.265 e. The van der Waals surface area contributed by atoms with Crippen LogP contribution < -0.4 is 28.6 Å². The molecule has 0 spiro atoms. The number of hydrogen-bond donors (Lipinski definition) is 1. The molecule has 0 bridgehead atoms. The van der Waals surface area contributed by atoms with Crippen molar-refractivity contribution in [3.63, 3.8) is 0 Å². The van der Waals surface area contributed by atoms with Crippen molar-refractivity contribution in [3.05, 3.63) is 106 Å². The molecule has 1 N–H and O–H groups in total. The summed E-state index contributed by atoms with van der Waals surface area (Å²) in [7, 11) is 1.11. The van der Waals surface area contributed by atoms with Crippen molar-refractivity contribution in [2.75, 3.05) is 45.8 Å². The highest BCUT2D eigenvalue weighted by atomic mass is 35.5. The fourth-order valence-corrected chi connectivity index (χ4v) is 7.40. The molecule has 0 fully saturated rings. The number of rotatable bonds is 18. The maximum atomic E-state index is 14.9. The number of sulfonamides is 1. The molecule has 14 heteroatoms. The molecule has 52 heavy (non-hydrogen) atoms. The second-order valence-corrected chi connectivity index (χ2v) is 14.4. The summed E-state index contributed by atoms with van der Waals surface area (Å²) in [4.78, 5) is 30.1. The number of nitrogens with one attached hydrogen (secondary N) is 1. The van der Waals surface area contributed by atoms with Gasteiger partial charge in [-0.05, 0) is 53.9 Å². The Hall–Kier alpha value is -4.65. The van der Waals surface area contributed by atoms with Crippen LogP contribution in [0, 0.1) is 0 Å². The maximum absolute atomic E-state index is 14.9. The number of hydrogen-bond acceptors (Lipinski definition) is 8. The number of unbranched alkanes of at least 4 members (excludes halogenated alkanes) is 1. The SMILES string of the molecule is CCCCNC(=O)[C@@H](Cc1ccccc1)N(Cc1ccc(Cl)cc1Cl)C(=O)CN(c1cc(OC)ccc1OC)S(=O)(=O)c1ccc(OC)c(OC)c1. The molecule has 0 aliphatic rings. The number of methoxy groups -OCH3 is 4. The molecule has 11 nitrogen and oxygen atoms in total. The lowest BCUT2D eigenvalue weighted by atomic mass is 10.0. The van der Waals surface area contributed by atoms with Crippen molar-refractivity contribution in [1.29, 1.82) is 0 Å². The first-order chi connectivity index (χ1) is 25.0. The summed E-state index contributed by atoms with van der Waals surface area (Å²) >= 11 is 12.8. The van der Waals surface area contributed by atoms with Crippen LogP contribution in [0.3, 0.4) is 0 Å². The monoisotopic (exact) mass is 771 g/mol. The van der Waals surface area contributed by atoms with Crippen LogP contribution in [0.1, 0.15) is 30.9 Å². The molecule has 0 aliphatic heterocycles. The molecule has 4 rings (SSSR count). The first kappa shape index (κ1) is 40.1. The minimum absolute atomic E-state index is 0.0291. The average molecular weight is 773 g/mol. The molecular weight excluding hydrogens is 729 g/mol. The second-order valence-electron chi connectivity index (χ2n) is 11.7. The van der Waals surface area contributed by atoms with Gasteiger partial charge in [-0.1, -0.05) is 72.9 Å². The quantitative estimate of drug-likeness (QED) is 0.110. The molecule has 0 unspecified atom stereocenters. The van der Waals surface area contributed by atoms with Crippen molar-refractivity contribution >= 4 is 50.7 Å². The lowest BCUT2D eigenvalue weighted by molar-refractivity contribution is -0.140. The zero-order valence-corrected chi connectivity index (χ0v) is 32.1. The highest BCUT2D eigenvalue weighted by molar-refractivity contribution is 7.92. The number of nitrogens with zero attached hydrogens (tertiary/aromatic N) is 2. The van der Waals surface area contributed by atoms with Gasteiger partial charge in [-0.3, -0.25) is 13.9 Å². The highest BCUT2D eigenvalue weighted by Crippen LogP contribution is 2.38. The molecule has 1 atom stereocenters. The minimum Gasteiger partial charge on any atom is -0.497 e. The van der Waals surface area contributed by atoms with Gasteiger partial charge in [-0.15, -0.1) is 0 Å². The number of halogens is 2. The Bertz CT molecular complexity index is 1950. The third-order valence-corrected chi connectivity index (χ3v) is 10.7. The number of anilines is 1. The largest absolute Gasteiger partial charge is 0.497 e. The fraction of sp³-hybridized carbons (Fsp3) is 0.316. The van der Waals surface area contributed by atoms with E-state index in [1.54, 1.807) is 30.3 Å². The molecule has 2 amide bonds. The van der Waals surface area contributed by atoms with Crippen LogP contribution in [0.15, 0.2) is 89.8 Å². The molecule has 4 aromatic rings. The van der Waals surface area contributed by atoms with Gasteiger partial charge in [0, 0.05) is 41.7 Å². The Balaban J connectivity index is 1.90. The van der Waals surface area contributed by atoms with E-state index in [-0.39, 0.29) is 40.1 Å². The first-order valence-corrected chi connectivity index (χ1v) is 18.7. The zero-order valence-electron chi connectivity index (χ0n) is 29.7. The van der Waals surface area contributed by atoms with Crippen LogP contribution in [0.25, 0.3) is 0 Å². The topological polar surface area (TPSA) is 124 Å². The van der Waals surface area contributed by atoms with E-state index >= 15 is 0 Å². The molecule has 0 saturated heterocycles. The van der Waals surface area contributed by atoms with E-state index < -0.39 is 34.4 Å². The van der Waals surface area contributed by atoms with E-state index in [0.29, 0.717) is 28.6 Å². The van der Waals surface area contributed by atoms with Crippen LogP contribution in [-0.4, -0.2) is 72.7 Å². The summed E-state index contributed by atoms with van der Waals surface area (Å²) in [6.45, 7) is 1.53. The Kier molecular flexibility index (Phi) is 14.4. The maximum Gasteiger partial charge on any atom is 0.265 e. The summed E-state index contributed by atoms with van der Waals surface area (Å²) in [6, 6.07) is 21.8. The minimum atomic E-state index is -4.54. The standard InChI is InChI=1S/C38H43Cl2N3O8S/c1-6-7-19-41-38(45)33(20-26-11-9-8-10-12-26)42(24-27-13-14-28(39)21-31(27)40)37(44)25-43(32-22-29(48-2)15-17-34(32)49-3)52(46,47)30-16-18-35(50-4)36(23-30)51-5/h8-18,21-23,33H,6-7,19-20,24-25H2,1-5H3,(H,41,45)/t33-/m1/s1. The Morgan fingerprint density at radius 2 is 1.50 bits per heavy atom. The Morgan fingerprint density at radius 3 is 2.13 bits per heavy atom. The van der Waals surface area contributed by atoms with Gasteiger partial charge in [0.1, 0.15) is 24.1 Å². The zero-order chi connectivity index (χ0) is 37.8. The first-order valence-electron chi connectivity index (χ1n) is 16.5. The van der Waals surface area contributed by atoms with Gasteiger partial charge in [0.2, 0.25) is 11.8 Å². The number of ether oxygens (including phenoxy) is 4. The van der Waals surface area contributed by atoms with Crippen LogP contribution in [-0.2, 0) is 32.6 Å². The van der Waals surface area contributed by atoms with Crippen molar-refractivity contribution in [2.24, 2.45) is 0 Å². The molecule has 0 saturated carbocycles. The summed E-state index contributed by atoms with van der Waals surface area (Å²) in [6.07, 6.45) is 1.71. The summed E-state index contributed by atoms with van der Waals surface area (Å²) < 4.78 is 52.1. The van der Waals surface area contributed by atoms with Gasteiger partial charge < -0.3 is 29.2 Å². The lowest BCUT2D eigenvalue weighted by Gasteiger charge is -2.34. The van der Waals surface area contributed by atoms with Crippen molar-refractivity contribution < 1.29 is 37.0 Å². The number of benzene rings is 4. The van der Waals surface area contributed by atoms with Crippen LogP contribution in [0.2, 0.25) is 10.0 Å². The summed E-state index contributed by atoms with van der Waals surface area (Å²) in [5.74, 6) is -0.138. The molecule has 0 radical (unpaired) electrons. The third kappa shape index (κ3) is 9.81. The molecule has 4 aromatic carbocycles. The number of carbonyl (C=O) groups is 2. The lowest BCUT2D eigenvalue weighted by Crippen LogP contribution is -2.53. The molecule has 0 aliphatic carbocycles. The van der Waals surface area contributed by atoms with Crippen LogP contribution in [0.4, 0.5) is 5.69 Å². The molecule has 278 valence electrons. The van der Waals surface area contributed by atoms with Gasteiger partial charge >= 0.3 is 0 Å². The van der Waals surface area contributed by atoms with E-state index in [1.165, 1.54) is 57.6 Å². The van der Waals surface area contributed by atoms with E-state index in [0.717, 1.165) is 22.7 Å². The highest BCUT2D eigenvalue weighted by Gasteiger charge is 2.36. The molecular formula is C38H43Cl2N3O8S. The van der Waals surface area contributed by atoms with Crippen molar-refractivity contribution in [2.45, 2.75) is 43.7 Å². The van der Waals surface area contributed by atoms with Crippen molar-refractivity contribution in [1.82, 2.24) is 10.2 Å². The second kappa shape index (κ2) is 18.7. The van der Waals surface area contributed by atoms with E-state index in [9.17, 15) is 18.0 Å². The Labute approximate surface area is 315 Å². The predicted molar refractivity (Wildman–Crippen MR) is 202 cm³/mol. The average Bonchev–Trinajstić information content (AvgIpc) is 3.15. The molecule has 0 heterocycles.